The van der Waals surface area contributed by atoms with Gasteiger partial charge in [0.05, 0.1) is 4.91 Å². The van der Waals surface area contributed by atoms with Crippen LogP contribution >= 0.6 is 24.0 Å². The standard InChI is InChI=1S/C25H23N3O3S2/c1-15-11-16(2)13-18(12-15)31-22-19(23(29)27-10-6-5-9-21(27)26-22)14-20-24(30)28(25(32)33-20)17-7-3-4-8-17/h5-6,9-14,17H,3-4,7-8H2,1-2H3/b20-14+. The number of aromatic nitrogens is 2. The predicted molar refractivity (Wildman–Crippen MR) is 135 cm³/mol. The van der Waals surface area contributed by atoms with E-state index < -0.39 is 0 Å². The second-order valence-electron chi connectivity index (χ2n) is 8.48. The lowest BCUT2D eigenvalue weighted by atomic mass is 10.1. The van der Waals surface area contributed by atoms with Gasteiger partial charge < -0.3 is 4.74 Å². The zero-order valence-corrected chi connectivity index (χ0v) is 20.0. The highest BCUT2D eigenvalue weighted by molar-refractivity contribution is 8.26. The lowest BCUT2D eigenvalue weighted by Gasteiger charge is -2.21. The number of hydrogen-bond acceptors (Lipinski definition) is 6. The Bertz CT molecular complexity index is 1350. The van der Waals surface area contributed by atoms with Gasteiger partial charge >= 0.3 is 0 Å². The molecule has 1 aromatic carbocycles. The molecule has 5 rings (SSSR count). The third-order valence-electron chi connectivity index (χ3n) is 5.93. The Morgan fingerprint density at radius 2 is 1.85 bits per heavy atom. The van der Waals surface area contributed by atoms with Crippen LogP contribution in [0.15, 0.2) is 52.3 Å². The van der Waals surface area contributed by atoms with Gasteiger partial charge in [-0.3, -0.25) is 18.9 Å². The normalized spacial score (nSPS) is 18.1. The highest BCUT2D eigenvalue weighted by atomic mass is 32.2. The van der Waals surface area contributed by atoms with Gasteiger partial charge in [0.25, 0.3) is 11.5 Å². The van der Waals surface area contributed by atoms with Crippen LogP contribution in [0.1, 0.15) is 42.4 Å². The average Bonchev–Trinajstić information content (AvgIpc) is 3.38. The number of aryl methyl sites for hydroxylation is 2. The molecule has 0 atom stereocenters. The Hall–Kier alpha value is -2.97. The molecule has 3 aromatic rings. The van der Waals surface area contributed by atoms with Crippen molar-refractivity contribution in [3.8, 4) is 11.6 Å². The van der Waals surface area contributed by atoms with Crippen LogP contribution in [-0.4, -0.2) is 30.6 Å². The van der Waals surface area contributed by atoms with E-state index in [0.29, 0.717) is 20.6 Å². The van der Waals surface area contributed by atoms with Crippen molar-refractivity contribution in [1.29, 1.82) is 0 Å². The zero-order valence-electron chi connectivity index (χ0n) is 18.4. The third-order valence-corrected chi connectivity index (χ3v) is 7.26. The molecule has 2 aliphatic rings. The monoisotopic (exact) mass is 477 g/mol. The molecule has 3 heterocycles. The van der Waals surface area contributed by atoms with Crippen LogP contribution in [0.3, 0.4) is 0 Å². The molecule has 33 heavy (non-hydrogen) atoms. The molecule has 1 amide bonds. The van der Waals surface area contributed by atoms with E-state index in [0.717, 1.165) is 36.8 Å². The number of pyridine rings is 1. The van der Waals surface area contributed by atoms with Gasteiger partial charge in [-0.1, -0.05) is 49.0 Å². The molecular formula is C25H23N3O3S2. The van der Waals surface area contributed by atoms with Crippen LogP contribution in [0.5, 0.6) is 11.6 Å². The van der Waals surface area contributed by atoms with Crippen molar-refractivity contribution < 1.29 is 9.53 Å². The van der Waals surface area contributed by atoms with E-state index in [1.807, 2.05) is 38.1 Å². The number of hydrogen-bond donors (Lipinski definition) is 0. The summed E-state index contributed by atoms with van der Waals surface area (Å²) in [6, 6.07) is 11.3. The Balaban J connectivity index is 1.61. The lowest BCUT2D eigenvalue weighted by Crippen LogP contribution is -2.36. The van der Waals surface area contributed by atoms with Gasteiger partial charge in [0, 0.05) is 12.2 Å². The van der Waals surface area contributed by atoms with E-state index in [1.54, 1.807) is 29.3 Å². The topological polar surface area (TPSA) is 63.9 Å². The van der Waals surface area contributed by atoms with Gasteiger partial charge in [0.1, 0.15) is 21.3 Å². The van der Waals surface area contributed by atoms with E-state index in [1.165, 1.54) is 16.2 Å². The first-order chi connectivity index (χ1) is 15.9. The van der Waals surface area contributed by atoms with Gasteiger partial charge in [0.2, 0.25) is 5.88 Å². The average molecular weight is 478 g/mol. The minimum Gasteiger partial charge on any atom is -0.438 e. The molecule has 1 saturated carbocycles. The molecule has 0 unspecified atom stereocenters. The summed E-state index contributed by atoms with van der Waals surface area (Å²) in [6.07, 6.45) is 7.37. The number of carbonyl (C=O) groups is 1. The number of ether oxygens (including phenoxy) is 1. The molecule has 8 heteroatoms. The highest BCUT2D eigenvalue weighted by Gasteiger charge is 2.38. The molecule has 2 aromatic heterocycles. The molecule has 0 radical (unpaired) electrons. The van der Waals surface area contributed by atoms with Crippen LogP contribution in [0.2, 0.25) is 0 Å². The van der Waals surface area contributed by atoms with Gasteiger partial charge in [-0.2, -0.15) is 4.98 Å². The maximum atomic E-state index is 13.4. The molecule has 1 aliphatic heterocycles. The summed E-state index contributed by atoms with van der Waals surface area (Å²) < 4.78 is 8.12. The van der Waals surface area contributed by atoms with Gasteiger partial charge in [-0.15, -0.1) is 0 Å². The summed E-state index contributed by atoms with van der Waals surface area (Å²) in [5.41, 5.74) is 2.48. The number of carbonyl (C=O) groups excluding carboxylic acids is 1. The number of benzene rings is 1. The summed E-state index contributed by atoms with van der Waals surface area (Å²) in [5, 5.41) is 0. The first kappa shape index (κ1) is 21.9. The van der Waals surface area contributed by atoms with E-state index >= 15 is 0 Å². The Labute approximate surface area is 201 Å². The SMILES string of the molecule is Cc1cc(C)cc(Oc2nc3ccccn3c(=O)c2/C=C2/SC(=S)N(C3CCCC3)C2=O)c1. The summed E-state index contributed by atoms with van der Waals surface area (Å²) in [4.78, 5) is 33.4. The summed E-state index contributed by atoms with van der Waals surface area (Å²) in [7, 11) is 0. The Morgan fingerprint density at radius 3 is 2.58 bits per heavy atom. The molecule has 6 nitrogen and oxygen atoms in total. The third kappa shape index (κ3) is 4.20. The second kappa shape index (κ2) is 8.76. The fourth-order valence-electron chi connectivity index (χ4n) is 4.48. The summed E-state index contributed by atoms with van der Waals surface area (Å²) >= 11 is 6.76. The van der Waals surface area contributed by atoms with Crippen LogP contribution in [-0.2, 0) is 4.79 Å². The molecular weight excluding hydrogens is 454 g/mol. The van der Waals surface area contributed by atoms with Crippen LogP contribution in [0.4, 0.5) is 0 Å². The number of fused-ring (bicyclic) bond motifs is 1. The minimum atomic E-state index is -0.300. The van der Waals surface area contributed by atoms with Crippen molar-refractivity contribution in [3.63, 3.8) is 0 Å². The van der Waals surface area contributed by atoms with Gasteiger partial charge in [-0.25, -0.2) is 0 Å². The Morgan fingerprint density at radius 1 is 1.12 bits per heavy atom. The maximum absolute atomic E-state index is 13.4. The van der Waals surface area contributed by atoms with Crippen molar-refractivity contribution in [3.05, 3.63) is 74.5 Å². The largest absolute Gasteiger partial charge is 0.438 e. The maximum Gasteiger partial charge on any atom is 0.269 e. The predicted octanol–water partition coefficient (Wildman–Crippen LogP) is 5.25. The van der Waals surface area contributed by atoms with Crippen LogP contribution in [0, 0.1) is 13.8 Å². The number of nitrogens with zero attached hydrogens (tertiary/aromatic N) is 3. The van der Waals surface area contributed by atoms with E-state index in [4.69, 9.17) is 17.0 Å². The zero-order chi connectivity index (χ0) is 23.1. The first-order valence-corrected chi connectivity index (χ1v) is 12.2. The fraction of sp³-hybridized carbons (Fsp3) is 0.280. The smallest absolute Gasteiger partial charge is 0.269 e. The van der Waals surface area contributed by atoms with Crippen molar-refractivity contribution in [2.75, 3.05) is 0 Å². The number of thiocarbonyl (C=S) groups is 1. The van der Waals surface area contributed by atoms with Crippen molar-refractivity contribution >= 4 is 45.9 Å². The van der Waals surface area contributed by atoms with E-state index in [2.05, 4.69) is 4.98 Å². The van der Waals surface area contributed by atoms with Crippen LogP contribution < -0.4 is 10.3 Å². The number of thioether (sulfide) groups is 1. The molecule has 2 fully saturated rings. The summed E-state index contributed by atoms with van der Waals surface area (Å²) in [6.45, 7) is 3.97. The number of rotatable bonds is 4. The molecule has 168 valence electrons. The molecule has 1 aliphatic carbocycles. The lowest BCUT2D eigenvalue weighted by molar-refractivity contribution is -0.123. The quantitative estimate of drug-likeness (QED) is 0.378. The van der Waals surface area contributed by atoms with Gasteiger partial charge in [-0.05, 0) is 68.2 Å². The Kier molecular flexibility index (Phi) is 5.80. The van der Waals surface area contributed by atoms with Gasteiger partial charge in [0.15, 0.2) is 0 Å². The van der Waals surface area contributed by atoms with Crippen molar-refractivity contribution in [2.24, 2.45) is 0 Å². The van der Waals surface area contributed by atoms with Crippen LogP contribution in [0.25, 0.3) is 11.7 Å². The highest BCUT2D eigenvalue weighted by Crippen LogP contribution is 2.38. The second-order valence-corrected chi connectivity index (χ2v) is 10.2. The first-order valence-electron chi connectivity index (χ1n) is 11.0. The van der Waals surface area contributed by atoms with Crippen molar-refractivity contribution in [2.45, 2.75) is 45.6 Å². The molecule has 0 bridgehead atoms. The molecule has 0 N–H and O–H groups in total. The minimum absolute atomic E-state index is 0.144. The fourth-order valence-corrected chi connectivity index (χ4v) is 5.86. The molecule has 0 spiro atoms. The van der Waals surface area contributed by atoms with E-state index in [9.17, 15) is 9.59 Å². The molecule has 1 saturated heterocycles. The number of amides is 1. The van der Waals surface area contributed by atoms with Crippen molar-refractivity contribution in [1.82, 2.24) is 14.3 Å². The summed E-state index contributed by atoms with van der Waals surface area (Å²) in [5.74, 6) is 0.613. The van der Waals surface area contributed by atoms with E-state index in [-0.39, 0.29) is 29.0 Å².